The lowest BCUT2D eigenvalue weighted by atomic mass is 9.95. The number of nitrogens with zero attached hydrogens (tertiary/aromatic N) is 2. The van der Waals surface area contributed by atoms with Crippen molar-refractivity contribution in [2.75, 3.05) is 33.3 Å². The molecule has 20 heavy (non-hydrogen) atoms. The molecule has 1 unspecified atom stereocenters. The van der Waals surface area contributed by atoms with Gasteiger partial charge < -0.3 is 19.6 Å². The van der Waals surface area contributed by atoms with Crippen molar-refractivity contribution in [1.82, 2.24) is 9.80 Å². The fraction of sp³-hybridized carbons (Fsp3) is 0.857. The van der Waals surface area contributed by atoms with Gasteiger partial charge in [0, 0.05) is 20.2 Å². The van der Waals surface area contributed by atoms with Crippen molar-refractivity contribution in [3.8, 4) is 0 Å². The molecule has 1 atom stereocenters. The number of piperidine rings is 1. The summed E-state index contributed by atoms with van der Waals surface area (Å²) < 4.78 is 5.47. The van der Waals surface area contributed by atoms with E-state index in [0.29, 0.717) is 19.6 Å². The van der Waals surface area contributed by atoms with Crippen LogP contribution in [-0.4, -0.2) is 65.8 Å². The Morgan fingerprint density at radius 2 is 2.10 bits per heavy atom. The molecule has 1 saturated heterocycles. The molecule has 0 bridgehead atoms. The molecule has 1 N–H and O–H groups in total. The van der Waals surface area contributed by atoms with Crippen molar-refractivity contribution in [1.29, 1.82) is 0 Å². The summed E-state index contributed by atoms with van der Waals surface area (Å²) in [6.07, 6.45) is 1.79. The summed E-state index contributed by atoms with van der Waals surface area (Å²) in [6.45, 7) is 7.29. The van der Waals surface area contributed by atoms with Crippen LogP contribution in [0, 0.1) is 5.92 Å². The molecular weight excluding hydrogens is 260 g/mol. The zero-order chi connectivity index (χ0) is 15.3. The molecule has 1 aliphatic heterocycles. The van der Waals surface area contributed by atoms with E-state index in [1.165, 1.54) is 4.90 Å². The predicted molar refractivity (Wildman–Crippen MR) is 75.7 cm³/mol. The minimum atomic E-state index is -0.981. The van der Waals surface area contributed by atoms with Gasteiger partial charge in [0.05, 0.1) is 12.1 Å². The number of likely N-dealkylation sites (tertiary alicyclic amines) is 1. The minimum absolute atomic E-state index is 0.205. The summed E-state index contributed by atoms with van der Waals surface area (Å²) in [5, 5.41) is 8.96. The average Bonchev–Trinajstić information content (AvgIpc) is 2.36. The molecule has 0 aromatic heterocycles. The highest BCUT2D eigenvalue weighted by atomic mass is 16.5. The van der Waals surface area contributed by atoms with Crippen LogP contribution in [0.5, 0.6) is 0 Å². The van der Waals surface area contributed by atoms with Crippen LogP contribution in [0.25, 0.3) is 0 Å². The maximum atomic E-state index is 12.5. The third-order valence-electron chi connectivity index (χ3n) is 3.60. The second kappa shape index (κ2) is 6.92. The number of carboxylic acids is 1. The Bertz CT molecular complexity index is 359. The van der Waals surface area contributed by atoms with E-state index in [1.54, 1.807) is 12.0 Å². The quantitative estimate of drug-likeness (QED) is 0.834. The van der Waals surface area contributed by atoms with Crippen molar-refractivity contribution >= 4 is 12.0 Å². The van der Waals surface area contributed by atoms with Crippen LogP contribution in [0.15, 0.2) is 0 Å². The van der Waals surface area contributed by atoms with E-state index < -0.39 is 5.97 Å². The first kappa shape index (κ1) is 16.8. The molecule has 0 aromatic rings. The van der Waals surface area contributed by atoms with Crippen molar-refractivity contribution in [2.45, 2.75) is 39.2 Å². The standard InChI is InChI=1S/C14H26N2O4/c1-11(2)8-16(9-12(17)18)13(19)15-7-5-6-14(3,10-15)20-4/h11H,5-10H2,1-4H3,(H,17,18). The second-order valence-electron chi connectivity index (χ2n) is 6.13. The van der Waals surface area contributed by atoms with Crippen LogP contribution >= 0.6 is 0 Å². The van der Waals surface area contributed by atoms with Gasteiger partial charge in [0.15, 0.2) is 0 Å². The lowest BCUT2D eigenvalue weighted by Crippen LogP contribution is -2.54. The number of carbonyl (C=O) groups is 2. The Labute approximate surface area is 120 Å². The summed E-state index contributed by atoms with van der Waals surface area (Å²) in [5.41, 5.74) is -0.333. The Morgan fingerprint density at radius 3 is 2.60 bits per heavy atom. The van der Waals surface area contributed by atoms with Gasteiger partial charge in [0.2, 0.25) is 0 Å². The normalized spacial score (nSPS) is 22.9. The molecule has 1 heterocycles. The maximum Gasteiger partial charge on any atom is 0.323 e. The third-order valence-corrected chi connectivity index (χ3v) is 3.60. The Morgan fingerprint density at radius 1 is 1.45 bits per heavy atom. The fourth-order valence-electron chi connectivity index (χ4n) is 2.55. The van der Waals surface area contributed by atoms with Gasteiger partial charge in [-0.05, 0) is 25.7 Å². The van der Waals surface area contributed by atoms with Gasteiger partial charge in [-0.3, -0.25) is 4.79 Å². The summed E-state index contributed by atoms with van der Waals surface area (Å²) in [6, 6.07) is -0.205. The van der Waals surface area contributed by atoms with Crippen LogP contribution in [0.4, 0.5) is 4.79 Å². The van der Waals surface area contributed by atoms with E-state index in [4.69, 9.17) is 9.84 Å². The van der Waals surface area contributed by atoms with E-state index in [-0.39, 0.29) is 24.1 Å². The van der Waals surface area contributed by atoms with E-state index in [9.17, 15) is 9.59 Å². The van der Waals surface area contributed by atoms with E-state index in [0.717, 1.165) is 12.8 Å². The first-order chi connectivity index (χ1) is 9.27. The first-order valence-corrected chi connectivity index (χ1v) is 7.08. The number of urea groups is 1. The molecule has 2 amide bonds. The van der Waals surface area contributed by atoms with Crippen LogP contribution in [-0.2, 0) is 9.53 Å². The molecule has 6 nitrogen and oxygen atoms in total. The minimum Gasteiger partial charge on any atom is -0.480 e. The largest absolute Gasteiger partial charge is 0.480 e. The zero-order valence-electron chi connectivity index (χ0n) is 12.9. The van der Waals surface area contributed by atoms with Crippen LogP contribution in [0.1, 0.15) is 33.6 Å². The Balaban J connectivity index is 2.75. The molecule has 0 saturated carbocycles. The molecule has 1 fully saturated rings. The van der Waals surface area contributed by atoms with Crippen LogP contribution < -0.4 is 0 Å². The van der Waals surface area contributed by atoms with Gasteiger partial charge in [0.1, 0.15) is 6.54 Å². The smallest absolute Gasteiger partial charge is 0.323 e. The summed E-state index contributed by atoms with van der Waals surface area (Å²) >= 11 is 0. The lowest BCUT2D eigenvalue weighted by Gasteiger charge is -2.41. The maximum absolute atomic E-state index is 12.5. The first-order valence-electron chi connectivity index (χ1n) is 7.08. The second-order valence-corrected chi connectivity index (χ2v) is 6.13. The summed E-state index contributed by atoms with van der Waals surface area (Å²) in [5.74, 6) is -0.748. The van der Waals surface area contributed by atoms with Gasteiger partial charge in [0.25, 0.3) is 0 Å². The molecule has 0 aromatic carbocycles. The lowest BCUT2D eigenvalue weighted by molar-refractivity contribution is -0.137. The highest BCUT2D eigenvalue weighted by Gasteiger charge is 2.35. The fourth-order valence-corrected chi connectivity index (χ4v) is 2.55. The van der Waals surface area contributed by atoms with Gasteiger partial charge in [-0.25, -0.2) is 4.79 Å². The predicted octanol–water partition coefficient (Wildman–Crippen LogP) is 1.65. The van der Waals surface area contributed by atoms with E-state index in [1.807, 2.05) is 20.8 Å². The average molecular weight is 286 g/mol. The van der Waals surface area contributed by atoms with Crippen molar-refractivity contribution in [2.24, 2.45) is 5.92 Å². The highest BCUT2D eigenvalue weighted by Crippen LogP contribution is 2.24. The monoisotopic (exact) mass is 286 g/mol. The number of carboxylic acid groups (broad SMARTS) is 1. The van der Waals surface area contributed by atoms with Crippen LogP contribution in [0.2, 0.25) is 0 Å². The Kier molecular flexibility index (Phi) is 5.80. The van der Waals surface area contributed by atoms with Gasteiger partial charge >= 0.3 is 12.0 Å². The van der Waals surface area contributed by atoms with Crippen molar-refractivity contribution in [3.05, 3.63) is 0 Å². The third kappa shape index (κ3) is 4.67. The SMILES string of the molecule is COC1(C)CCCN(C(=O)N(CC(=O)O)CC(C)C)C1. The summed E-state index contributed by atoms with van der Waals surface area (Å²) in [4.78, 5) is 26.5. The number of hydrogen-bond acceptors (Lipinski definition) is 3. The Hall–Kier alpha value is -1.30. The van der Waals surface area contributed by atoms with Gasteiger partial charge in [-0.2, -0.15) is 0 Å². The van der Waals surface area contributed by atoms with Gasteiger partial charge in [-0.1, -0.05) is 13.8 Å². The number of rotatable bonds is 5. The summed E-state index contributed by atoms with van der Waals surface area (Å²) in [7, 11) is 1.65. The van der Waals surface area contributed by atoms with Crippen molar-refractivity contribution in [3.63, 3.8) is 0 Å². The number of amides is 2. The molecule has 1 aliphatic rings. The van der Waals surface area contributed by atoms with E-state index >= 15 is 0 Å². The van der Waals surface area contributed by atoms with Crippen LogP contribution in [0.3, 0.4) is 0 Å². The topological polar surface area (TPSA) is 70.1 Å². The molecular formula is C14H26N2O4. The number of carbonyl (C=O) groups excluding carboxylic acids is 1. The molecule has 0 aliphatic carbocycles. The molecule has 1 rings (SSSR count). The number of aliphatic carboxylic acids is 1. The highest BCUT2D eigenvalue weighted by molar-refractivity contribution is 5.80. The molecule has 6 heteroatoms. The number of methoxy groups -OCH3 is 1. The zero-order valence-corrected chi connectivity index (χ0v) is 12.9. The van der Waals surface area contributed by atoms with Crippen molar-refractivity contribution < 1.29 is 19.4 Å². The van der Waals surface area contributed by atoms with E-state index in [2.05, 4.69) is 0 Å². The molecule has 116 valence electrons. The molecule has 0 radical (unpaired) electrons. The molecule has 0 spiro atoms. The number of hydrogen-bond donors (Lipinski definition) is 1. The number of ether oxygens (including phenoxy) is 1. The van der Waals surface area contributed by atoms with Gasteiger partial charge in [-0.15, -0.1) is 0 Å².